The van der Waals surface area contributed by atoms with Crippen LogP contribution >= 0.6 is 0 Å². The Balaban J connectivity index is 2.21. The normalized spacial score (nSPS) is 26.6. The first-order chi connectivity index (χ1) is 10.6. The fraction of sp³-hybridized carbons (Fsp3) is 0.562. The zero-order chi connectivity index (χ0) is 15.9. The van der Waals surface area contributed by atoms with E-state index in [4.69, 9.17) is 9.47 Å². The molecular formula is C16H21NO5. The van der Waals surface area contributed by atoms with Crippen LogP contribution in [0.3, 0.4) is 0 Å². The second kappa shape index (κ2) is 5.44. The van der Waals surface area contributed by atoms with Gasteiger partial charge in [-0.2, -0.15) is 0 Å². The fourth-order valence-electron chi connectivity index (χ4n) is 3.87. The topological polar surface area (TPSA) is 79.2 Å². The Morgan fingerprint density at radius 3 is 2.64 bits per heavy atom. The van der Waals surface area contributed by atoms with E-state index in [0.717, 1.165) is 11.1 Å². The molecule has 2 aliphatic heterocycles. The SMILES string of the molecule is COc1cc2c(cc1OC)[C@]1(CCO)[C@@H](O)CC(=O)N1CC2. The molecule has 1 aromatic rings. The fourth-order valence-corrected chi connectivity index (χ4v) is 3.87. The lowest BCUT2D eigenvalue weighted by atomic mass is 9.76. The van der Waals surface area contributed by atoms with E-state index in [2.05, 4.69) is 0 Å². The Bertz CT molecular complexity index is 602. The van der Waals surface area contributed by atoms with Crippen molar-refractivity contribution in [3.63, 3.8) is 0 Å². The molecule has 6 nitrogen and oxygen atoms in total. The zero-order valence-electron chi connectivity index (χ0n) is 12.8. The molecule has 22 heavy (non-hydrogen) atoms. The van der Waals surface area contributed by atoms with E-state index in [1.807, 2.05) is 12.1 Å². The Morgan fingerprint density at radius 1 is 1.32 bits per heavy atom. The second-order valence-corrected chi connectivity index (χ2v) is 5.78. The molecule has 2 atom stereocenters. The van der Waals surface area contributed by atoms with Crippen LogP contribution in [0.1, 0.15) is 24.0 Å². The van der Waals surface area contributed by atoms with E-state index >= 15 is 0 Å². The summed E-state index contributed by atoms with van der Waals surface area (Å²) in [5.41, 5.74) is 1.01. The van der Waals surface area contributed by atoms with Gasteiger partial charge in [-0.3, -0.25) is 4.79 Å². The first-order valence-electron chi connectivity index (χ1n) is 7.43. The van der Waals surface area contributed by atoms with Gasteiger partial charge in [-0.25, -0.2) is 0 Å². The van der Waals surface area contributed by atoms with Gasteiger partial charge in [0.1, 0.15) is 0 Å². The molecule has 0 aromatic heterocycles. The molecule has 120 valence electrons. The lowest BCUT2D eigenvalue weighted by Gasteiger charge is -2.45. The number of hydrogen-bond donors (Lipinski definition) is 2. The molecule has 0 spiro atoms. The highest BCUT2D eigenvalue weighted by Crippen LogP contribution is 2.49. The summed E-state index contributed by atoms with van der Waals surface area (Å²) < 4.78 is 10.7. The monoisotopic (exact) mass is 307 g/mol. The number of carbonyl (C=O) groups excluding carboxylic acids is 1. The molecule has 2 aliphatic rings. The molecule has 0 radical (unpaired) electrons. The average Bonchev–Trinajstić information content (AvgIpc) is 2.77. The molecule has 0 bridgehead atoms. The van der Waals surface area contributed by atoms with Crippen molar-refractivity contribution in [3.8, 4) is 11.5 Å². The highest BCUT2D eigenvalue weighted by Gasteiger charge is 2.55. The van der Waals surface area contributed by atoms with Gasteiger partial charge in [0.05, 0.1) is 32.3 Å². The van der Waals surface area contributed by atoms with Crippen LogP contribution in [0.15, 0.2) is 12.1 Å². The minimum atomic E-state index is -0.862. The van der Waals surface area contributed by atoms with E-state index in [0.29, 0.717) is 30.9 Å². The molecule has 1 saturated heterocycles. The van der Waals surface area contributed by atoms with Crippen molar-refractivity contribution >= 4 is 5.91 Å². The Kier molecular flexibility index (Phi) is 3.74. The number of methoxy groups -OCH3 is 2. The van der Waals surface area contributed by atoms with Gasteiger partial charge in [0.15, 0.2) is 11.5 Å². The minimum absolute atomic E-state index is 0.0682. The molecule has 1 aromatic carbocycles. The van der Waals surface area contributed by atoms with Crippen LogP contribution in [0, 0.1) is 0 Å². The van der Waals surface area contributed by atoms with Crippen LogP contribution in [0.5, 0.6) is 11.5 Å². The number of rotatable bonds is 4. The predicted molar refractivity (Wildman–Crippen MR) is 79.0 cm³/mol. The maximum absolute atomic E-state index is 12.2. The van der Waals surface area contributed by atoms with Crippen molar-refractivity contribution in [2.24, 2.45) is 0 Å². The lowest BCUT2D eigenvalue weighted by molar-refractivity contribution is -0.133. The van der Waals surface area contributed by atoms with Gasteiger partial charge >= 0.3 is 0 Å². The second-order valence-electron chi connectivity index (χ2n) is 5.78. The van der Waals surface area contributed by atoms with E-state index in [1.165, 1.54) is 0 Å². The van der Waals surface area contributed by atoms with Gasteiger partial charge < -0.3 is 24.6 Å². The number of ether oxygens (including phenoxy) is 2. The minimum Gasteiger partial charge on any atom is -0.493 e. The number of hydrogen-bond acceptors (Lipinski definition) is 5. The number of fused-ring (bicyclic) bond motifs is 3. The van der Waals surface area contributed by atoms with Crippen molar-refractivity contribution in [1.82, 2.24) is 4.90 Å². The molecule has 3 rings (SSSR count). The van der Waals surface area contributed by atoms with Crippen molar-refractivity contribution < 1.29 is 24.5 Å². The number of aliphatic hydroxyl groups is 2. The van der Waals surface area contributed by atoms with Crippen LogP contribution in [0.4, 0.5) is 0 Å². The van der Waals surface area contributed by atoms with Crippen molar-refractivity contribution in [2.75, 3.05) is 27.4 Å². The summed E-state index contributed by atoms with van der Waals surface area (Å²) in [6, 6.07) is 3.73. The van der Waals surface area contributed by atoms with E-state index in [-0.39, 0.29) is 18.9 Å². The van der Waals surface area contributed by atoms with Gasteiger partial charge in [0, 0.05) is 19.6 Å². The molecule has 1 fully saturated rings. The highest BCUT2D eigenvalue weighted by molar-refractivity contribution is 5.82. The summed E-state index contributed by atoms with van der Waals surface area (Å²) in [4.78, 5) is 13.9. The number of aliphatic hydroxyl groups excluding tert-OH is 2. The molecule has 2 heterocycles. The highest BCUT2D eigenvalue weighted by atomic mass is 16.5. The maximum Gasteiger partial charge on any atom is 0.226 e. The first kappa shape index (κ1) is 15.1. The summed E-state index contributed by atoms with van der Waals surface area (Å²) in [5, 5.41) is 20.1. The summed E-state index contributed by atoms with van der Waals surface area (Å²) in [5.74, 6) is 1.13. The van der Waals surface area contributed by atoms with Crippen molar-refractivity contribution in [2.45, 2.75) is 30.9 Å². The molecule has 1 amide bonds. The van der Waals surface area contributed by atoms with Crippen molar-refractivity contribution in [1.29, 1.82) is 0 Å². The molecule has 0 unspecified atom stereocenters. The third-order valence-electron chi connectivity index (χ3n) is 4.88. The molecule has 0 aliphatic carbocycles. The number of carbonyl (C=O) groups is 1. The Labute approximate surface area is 129 Å². The predicted octanol–water partition coefficient (Wildman–Crippen LogP) is 0.431. The molecule has 6 heteroatoms. The van der Waals surface area contributed by atoms with Crippen LogP contribution < -0.4 is 9.47 Å². The van der Waals surface area contributed by atoms with Gasteiger partial charge in [-0.05, 0) is 29.7 Å². The van der Waals surface area contributed by atoms with E-state index < -0.39 is 11.6 Å². The summed E-state index contributed by atoms with van der Waals surface area (Å²) >= 11 is 0. The number of benzene rings is 1. The summed E-state index contributed by atoms with van der Waals surface area (Å²) in [6.07, 6.45) is 0.265. The molecule has 2 N–H and O–H groups in total. The Hall–Kier alpha value is -1.79. The van der Waals surface area contributed by atoms with E-state index in [9.17, 15) is 15.0 Å². The lowest BCUT2D eigenvalue weighted by Crippen LogP contribution is -2.53. The Morgan fingerprint density at radius 2 is 2.00 bits per heavy atom. The number of amides is 1. The molecular weight excluding hydrogens is 286 g/mol. The number of nitrogens with zero attached hydrogens (tertiary/aromatic N) is 1. The maximum atomic E-state index is 12.2. The van der Waals surface area contributed by atoms with Gasteiger partial charge in [0.2, 0.25) is 5.91 Å². The van der Waals surface area contributed by atoms with Gasteiger partial charge in [-0.15, -0.1) is 0 Å². The largest absolute Gasteiger partial charge is 0.493 e. The van der Waals surface area contributed by atoms with Crippen LogP contribution in [0.25, 0.3) is 0 Å². The smallest absolute Gasteiger partial charge is 0.226 e. The van der Waals surface area contributed by atoms with Gasteiger partial charge in [-0.1, -0.05) is 0 Å². The average molecular weight is 307 g/mol. The third kappa shape index (κ3) is 1.90. The van der Waals surface area contributed by atoms with Gasteiger partial charge in [0.25, 0.3) is 0 Å². The van der Waals surface area contributed by atoms with Crippen molar-refractivity contribution in [3.05, 3.63) is 23.3 Å². The van der Waals surface area contributed by atoms with E-state index in [1.54, 1.807) is 19.1 Å². The standard InChI is InChI=1S/C16H21NO5/c1-21-12-7-10-3-5-17-15(20)9-14(19)16(17,4-6-18)11(10)8-13(12)22-2/h7-8,14,18-19H,3-6,9H2,1-2H3/t14-,16+/m0/s1. The first-order valence-corrected chi connectivity index (χ1v) is 7.43. The third-order valence-corrected chi connectivity index (χ3v) is 4.88. The quantitative estimate of drug-likeness (QED) is 0.843. The summed E-state index contributed by atoms with van der Waals surface area (Å²) in [7, 11) is 3.14. The van der Waals surface area contributed by atoms with Crippen LogP contribution in [0.2, 0.25) is 0 Å². The van der Waals surface area contributed by atoms with Crippen LogP contribution in [-0.2, 0) is 16.8 Å². The summed E-state index contributed by atoms with van der Waals surface area (Å²) in [6.45, 7) is 0.438. The molecule has 0 saturated carbocycles. The van der Waals surface area contributed by atoms with Crippen LogP contribution in [-0.4, -0.2) is 54.5 Å². The zero-order valence-corrected chi connectivity index (χ0v) is 12.8.